The molecule has 0 amide bonds. The molecule has 108 valence electrons. The Morgan fingerprint density at radius 3 is 2.72 bits per heavy atom. The van der Waals surface area contributed by atoms with Gasteiger partial charge in [-0.3, -0.25) is 4.90 Å². The lowest BCUT2D eigenvalue weighted by Crippen LogP contribution is -2.50. The summed E-state index contributed by atoms with van der Waals surface area (Å²) in [6, 6.07) is 0.433. The molecule has 2 unspecified atom stereocenters. The van der Waals surface area contributed by atoms with E-state index in [2.05, 4.69) is 18.7 Å². The molecule has 0 aromatic heterocycles. The number of hydrogen-bond donors (Lipinski definition) is 1. The molecule has 0 radical (unpaired) electrons. The Bertz CT molecular complexity index is 206. The zero-order chi connectivity index (χ0) is 13.4. The van der Waals surface area contributed by atoms with Crippen molar-refractivity contribution in [2.45, 2.75) is 32.7 Å². The van der Waals surface area contributed by atoms with E-state index in [4.69, 9.17) is 15.2 Å². The molecule has 4 nitrogen and oxygen atoms in total. The fraction of sp³-hybridized carbons (Fsp3) is 1.00. The van der Waals surface area contributed by atoms with E-state index in [1.807, 2.05) is 0 Å². The molecule has 0 aliphatic carbocycles. The van der Waals surface area contributed by atoms with Crippen LogP contribution in [-0.2, 0) is 9.47 Å². The van der Waals surface area contributed by atoms with E-state index in [9.17, 15) is 0 Å². The van der Waals surface area contributed by atoms with Crippen molar-refractivity contribution < 1.29 is 9.47 Å². The lowest BCUT2D eigenvalue weighted by Gasteiger charge is -2.38. The molecule has 0 aromatic rings. The van der Waals surface area contributed by atoms with Crippen LogP contribution in [0.1, 0.15) is 26.7 Å². The van der Waals surface area contributed by atoms with E-state index in [-0.39, 0.29) is 0 Å². The summed E-state index contributed by atoms with van der Waals surface area (Å²) in [4.78, 5) is 2.49. The minimum Gasteiger partial charge on any atom is -0.383 e. The van der Waals surface area contributed by atoms with Crippen molar-refractivity contribution in [3.05, 3.63) is 0 Å². The monoisotopic (exact) mass is 258 g/mol. The number of rotatable bonds is 8. The third kappa shape index (κ3) is 5.22. The van der Waals surface area contributed by atoms with E-state index >= 15 is 0 Å². The molecular formula is C14H30N2O2. The lowest BCUT2D eigenvalue weighted by atomic mass is 9.92. The topological polar surface area (TPSA) is 47.7 Å². The molecule has 2 N–H and O–H groups in total. The van der Waals surface area contributed by atoms with Gasteiger partial charge in [-0.25, -0.2) is 0 Å². The van der Waals surface area contributed by atoms with Crippen LogP contribution < -0.4 is 5.73 Å². The van der Waals surface area contributed by atoms with Crippen molar-refractivity contribution in [1.82, 2.24) is 4.90 Å². The van der Waals surface area contributed by atoms with Crippen LogP contribution in [0, 0.1) is 11.8 Å². The largest absolute Gasteiger partial charge is 0.383 e. The van der Waals surface area contributed by atoms with E-state index in [1.165, 1.54) is 12.8 Å². The van der Waals surface area contributed by atoms with E-state index in [0.29, 0.717) is 24.4 Å². The summed E-state index contributed by atoms with van der Waals surface area (Å²) in [5.74, 6) is 1.24. The van der Waals surface area contributed by atoms with Gasteiger partial charge in [0.1, 0.15) is 0 Å². The minimum absolute atomic E-state index is 0.433. The lowest BCUT2D eigenvalue weighted by molar-refractivity contribution is 0.00218. The van der Waals surface area contributed by atoms with E-state index in [1.54, 1.807) is 7.11 Å². The second-order valence-corrected chi connectivity index (χ2v) is 5.66. The summed E-state index contributed by atoms with van der Waals surface area (Å²) in [6.45, 7) is 9.82. The summed E-state index contributed by atoms with van der Waals surface area (Å²) in [7, 11) is 1.76. The van der Waals surface area contributed by atoms with Crippen molar-refractivity contribution in [2.24, 2.45) is 17.6 Å². The van der Waals surface area contributed by atoms with Gasteiger partial charge in [0.25, 0.3) is 0 Å². The summed E-state index contributed by atoms with van der Waals surface area (Å²) < 4.78 is 10.8. The SMILES string of the molecule is COCCN(CC(C)C)C(CN)C1CCCOC1. The molecule has 1 heterocycles. The second-order valence-electron chi connectivity index (χ2n) is 5.66. The predicted molar refractivity (Wildman–Crippen MR) is 74.7 cm³/mol. The molecule has 1 aliphatic heterocycles. The third-order valence-electron chi connectivity index (χ3n) is 3.63. The first-order valence-corrected chi connectivity index (χ1v) is 7.19. The molecule has 0 saturated carbocycles. The normalized spacial score (nSPS) is 22.7. The van der Waals surface area contributed by atoms with Gasteiger partial charge >= 0.3 is 0 Å². The van der Waals surface area contributed by atoms with Gasteiger partial charge in [0.2, 0.25) is 0 Å². The van der Waals surface area contributed by atoms with Gasteiger partial charge in [-0.15, -0.1) is 0 Å². The zero-order valence-corrected chi connectivity index (χ0v) is 12.2. The van der Waals surface area contributed by atoms with Gasteiger partial charge < -0.3 is 15.2 Å². The van der Waals surface area contributed by atoms with Crippen molar-refractivity contribution in [2.75, 3.05) is 46.6 Å². The maximum absolute atomic E-state index is 6.01. The summed E-state index contributed by atoms with van der Waals surface area (Å²) in [5, 5.41) is 0. The molecule has 1 fully saturated rings. The average molecular weight is 258 g/mol. The third-order valence-corrected chi connectivity index (χ3v) is 3.63. The van der Waals surface area contributed by atoms with Crippen LogP contribution >= 0.6 is 0 Å². The van der Waals surface area contributed by atoms with E-state index < -0.39 is 0 Å². The van der Waals surface area contributed by atoms with Crippen LogP contribution in [0.5, 0.6) is 0 Å². The highest BCUT2D eigenvalue weighted by molar-refractivity contribution is 4.82. The van der Waals surface area contributed by atoms with Gasteiger partial charge in [-0.2, -0.15) is 0 Å². The highest BCUT2D eigenvalue weighted by Crippen LogP contribution is 2.21. The maximum Gasteiger partial charge on any atom is 0.0589 e. The molecule has 0 bridgehead atoms. The number of nitrogens with two attached hydrogens (primary N) is 1. The van der Waals surface area contributed by atoms with E-state index in [0.717, 1.165) is 32.9 Å². The Balaban J connectivity index is 2.58. The molecular weight excluding hydrogens is 228 g/mol. The smallest absolute Gasteiger partial charge is 0.0589 e. The molecule has 0 aromatic carbocycles. The van der Waals surface area contributed by atoms with Gasteiger partial charge in [0.05, 0.1) is 13.2 Å². The molecule has 18 heavy (non-hydrogen) atoms. The van der Waals surface area contributed by atoms with Crippen molar-refractivity contribution >= 4 is 0 Å². The van der Waals surface area contributed by atoms with Crippen LogP contribution in [0.25, 0.3) is 0 Å². The van der Waals surface area contributed by atoms with Crippen LogP contribution in [-0.4, -0.2) is 57.5 Å². The number of nitrogens with zero attached hydrogens (tertiary/aromatic N) is 1. The number of methoxy groups -OCH3 is 1. The molecule has 2 atom stereocenters. The zero-order valence-electron chi connectivity index (χ0n) is 12.2. The fourth-order valence-electron chi connectivity index (χ4n) is 2.78. The Hall–Kier alpha value is -0.160. The van der Waals surface area contributed by atoms with Gasteiger partial charge in [0, 0.05) is 39.4 Å². The van der Waals surface area contributed by atoms with Crippen LogP contribution in [0.4, 0.5) is 0 Å². The molecule has 0 spiro atoms. The highest BCUT2D eigenvalue weighted by Gasteiger charge is 2.28. The molecule has 1 rings (SSSR count). The average Bonchev–Trinajstić information content (AvgIpc) is 2.37. The van der Waals surface area contributed by atoms with Crippen molar-refractivity contribution in [3.8, 4) is 0 Å². The summed E-state index contributed by atoms with van der Waals surface area (Å²) in [6.07, 6.45) is 2.41. The van der Waals surface area contributed by atoms with Gasteiger partial charge in [-0.1, -0.05) is 13.8 Å². The molecule has 1 saturated heterocycles. The fourth-order valence-corrected chi connectivity index (χ4v) is 2.78. The van der Waals surface area contributed by atoms with Crippen LogP contribution in [0.3, 0.4) is 0 Å². The van der Waals surface area contributed by atoms with Crippen molar-refractivity contribution in [1.29, 1.82) is 0 Å². The number of hydrogen-bond acceptors (Lipinski definition) is 4. The Kier molecular flexibility index (Phi) is 7.82. The Morgan fingerprint density at radius 2 is 2.22 bits per heavy atom. The quantitative estimate of drug-likeness (QED) is 0.714. The predicted octanol–water partition coefficient (Wildman–Crippen LogP) is 1.34. The molecule has 4 heteroatoms. The second kappa shape index (κ2) is 8.86. The van der Waals surface area contributed by atoms with Crippen LogP contribution in [0.15, 0.2) is 0 Å². The Labute approximate surface area is 112 Å². The van der Waals surface area contributed by atoms with Crippen LogP contribution in [0.2, 0.25) is 0 Å². The number of ether oxygens (including phenoxy) is 2. The first-order chi connectivity index (χ1) is 8.69. The standard InChI is InChI=1S/C14H30N2O2/c1-12(2)10-16(6-8-17-3)14(9-15)13-5-4-7-18-11-13/h12-14H,4-11,15H2,1-3H3. The van der Waals surface area contributed by atoms with Gasteiger partial charge in [-0.05, 0) is 24.7 Å². The van der Waals surface area contributed by atoms with Gasteiger partial charge in [0.15, 0.2) is 0 Å². The van der Waals surface area contributed by atoms with Crippen molar-refractivity contribution in [3.63, 3.8) is 0 Å². The minimum atomic E-state index is 0.433. The highest BCUT2D eigenvalue weighted by atomic mass is 16.5. The Morgan fingerprint density at radius 1 is 1.44 bits per heavy atom. The summed E-state index contributed by atoms with van der Waals surface area (Å²) >= 11 is 0. The summed E-state index contributed by atoms with van der Waals surface area (Å²) in [5.41, 5.74) is 6.01. The molecule has 1 aliphatic rings. The first kappa shape index (κ1) is 15.9. The maximum atomic E-state index is 6.01. The first-order valence-electron chi connectivity index (χ1n) is 7.19.